The van der Waals surface area contributed by atoms with Crippen LogP contribution in [0.3, 0.4) is 0 Å². The zero-order valence-corrected chi connectivity index (χ0v) is 15.0. The molecule has 132 valence electrons. The van der Waals surface area contributed by atoms with E-state index < -0.39 is 15.8 Å². The van der Waals surface area contributed by atoms with Crippen LogP contribution in [0.15, 0.2) is 47.4 Å². The molecule has 2 N–H and O–H groups in total. The molecule has 0 bridgehead atoms. The van der Waals surface area contributed by atoms with Crippen molar-refractivity contribution < 1.29 is 17.6 Å². The van der Waals surface area contributed by atoms with Gasteiger partial charge >= 0.3 is 0 Å². The lowest BCUT2D eigenvalue weighted by Crippen LogP contribution is -2.15. The van der Waals surface area contributed by atoms with Crippen molar-refractivity contribution in [2.24, 2.45) is 0 Å². The number of rotatable bonds is 3. The number of sulfonamides is 1. The number of carbonyl (C=O) groups is 1. The van der Waals surface area contributed by atoms with Gasteiger partial charge in [0.15, 0.2) is 0 Å². The standard InChI is InChI=1S/C18H12ClFN2O3S/c1-9-13(20)6-5-12(19)17(9)22-26(24,25)15-8-7-14-16-10(15)3-2-4-11(16)18(23)21-14/h2-8,22H,1H3,(H,21,23). The van der Waals surface area contributed by atoms with Crippen LogP contribution in [0.5, 0.6) is 0 Å². The highest BCUT2D eigenvalue weighted by molar-refractivity contribution is 7.93. The number of benzene rings is 3. The van der Waals surface area contributed by atoms with E-state index in [0.717, 1.165) is 0 Å². The lowest BCUT2D eigenvalue weighted by molar-refractivity contribution is 0.103. The van der Waals surface area contributed by atoms with Crippen LogP contribution in [0.1, 0.15) is 15.9 Å². The minimum atomic E-state index is -4.07. The summed E-state index contributed by atoms with van der Waals surface area (Å²) in [5, 5.41) is 3.74. The Labute approximate surface area is 153 Å². The molecule has 4 rings (SSSR count). The summed E-state index contributed by atoms with van der Waals surface area (Å²) in [6, 6.07) is 10.3. The van der Waals surface area contributed by atoms with E-state index in [0.29, 0.717) is 22.0 Å². The molecule has 0 saturated carbocycles. The minimum Gasteiger partial charge on any atom is -0.321 e. The van der Waals surface area contributed by atoms with Gasteiger partial charge in [-0.3, -0.25) is 9.52 Å². The molecule has 0 atom stereocenters. The molecule has 0 aliphatic carbocycles. The monoisotopic (exact) mass is 390 g/mol. The number of hydrogen-bond donors (Lipinski definition) is 2. The fourth-order valence-corrected chi connectivity index (χ4v) is 4.72. The van der Waals surface area contributed by atoms with Crippen LogP contribution in [-0.2, 0) is 10.0 Å². The Kier molecular flexibility index (Phi) is 3.68. The average molecular weight is 391 g/mol. The van der Waals surface area contributed by atoms with E-state index in [-0.39, 0.29) is 27.1 Å². The highest BCUT2D eigenvalue weighted by atomic mass is 35.5. The largest absolute Gasteiger partial charge is 0.321 e. The predicted molar refractivity (Wildman–Crippen MR) is 98.9 cm³/mol. The molecule has 3 aromatic carbocycles. The van der Waals surface area contributed by atoms with Crippen molar-refractivity contribution in [3.63, 3.8) is 0 Å². The van der Waals surface area contributed by atoms with Crippen LogP contribution in [0.25, 0.3) is 10.8 Å². The molecule has 1 aliphatic rings. The second-order valence-electron chi connectivity index (χ2n) is 5.93. The van der Waals surface area contributed by atoms with Gasteiger partial charge in [0.1, 0.15) is 5.82 Å². The minimum absolute atomic E-state index is 0.0101. The Balaban J connectivity index is 1.90. The number of halogens is 2. The number of amides is 1. The third kappa shape index (κ3) is 2.43. The number of anilines is 2. The first-order valence-electron chi connectivity index (χ1n) is 7.64. The summed E-state index contributed by atoms with van der Waals surface area (Å²) in [6.07, 6.45) is 0. The Morgan fingerprint density at radius 2 is 1.88 bits per heavy atom. The van der Waals surface area contributed by atoms with Crippen molar-refractivity contribution in [1.82, 2.24) is 0 Å². The maximum atomic E-state index is 13.8. The second-order valence-corrected chi connectivity index (χ2v) is 7.99. The van der Waals surface area contributed by atoms with Crippen molar-refractivity contribution in [1.29, 1.82) is 0 Å². The molecular formula is C18H12ClFN2O3S. The predicted octanol–water partition coefficient (Wildman–Crippen LogP) is 4.31. The average Bonchev–Trinajstić information content (AvgIpc) is 2.93. The van der Waals surface area contributed by atoms with Crippen LogP contribution in [-0.4, -0.2) is 14.3 Å². The van der Waals surface area contributed by atoms with Crippen molar-refractivity contribution in [3.8, 4) is 0 Å². The van der Waals surface area contributed by atoms with E-state index in [4.69, 9.17) is 11.6 Å². The first-order chi connectivity index (χ1) is 12.3. The zero-order valence-electron chi connectivity index (χ0n) is 13.4. The quantitative estimate of drug-likeness (QED) is 0.699. The molecule has 1 aliphatic heterocycles. The normalized spacial score (nSPS) is 13.1. The van der Waals surface area contributed by atoms with Gasteiger partial charge in [0, 0.05) is 27.6 Å². The fraction of sp³-hybridized carbons (Fsp3) is 0.0556. The molecule has 8 heteroatoms. The first-order valence-corrected chi connectivity index (χ1v) is 9.50. The van der Waals surface area contributed by atoms with Crippen LogP contribution in [0.4, 0.5) is 15.8 Å². The van der Waals surface area contributed by atoms with Gasteiger partial charge in [-0.25, -0.2) is 12.8 Å². The van der Waals surface area contributed by atoms with E-state index in [1.807, 2.05) is 0 Å². The number of hydrogen-bond acceptors (Lipinski definition) is 3. The summed E-state index contributed by atoms with van der Waals surface area (Å²) in [6.45, 7) is 1.44. The summed E-state index contributed by atoms with van der Waals surface area (Å²) >= 11 is 6.04. The van der Waals surface area contributed by atoms with Gasteiger partial charge in [0.2, 0.25) is 0 Å². The van der Waals surface area contributed by atoms with Gasteiger partial charge in [0.25, 0.3) is 15.9 Å². The number of nitrogens with one attached hydrogen (secondary N) is 2. The molecule has 0 unspecified atom stereocenters. The summed E-state index contributed by atoms with van der Waals surface area (Å²) < 4.78 is 42.1. The van der Waals surface area contributed by atoms with Gasteiger partial charge in [-0.15, -0.1) is 0 Å². The molecule has 0 saturated heterocycles. The Morgan fingerprint density at radius 1 is 1.12 bits per heavy atom. The SMILES string of the molecule is Cc1c(F)ccc(Cl)c1NS(=O)(=O)c1ccc2c3c(cccc13)C(=O)N2. The summed E-state index contributed by atoms with van der Waals surface area (Å²) in [5.41, 5.74) is 1.06. The first kappa shape index (κ1) is 16.8. The van der Waals surface area contributed by atoms with E-state index >= 15 is 0 Å². The Morgan fingerprint density at radius 3 is 2.65 bits per heavy atom. The van der Waals surface area contributed by atoms with Crippen molar-refractivity contribution in [3.05, 3.63) is 64.4 Å². The third-order valence-corrected chi connectivity index (χ3v) is 6.09. The second kappa shape index (κ2) is 5.69. The van der Waals surface area contributed by atoms with Crippen LogP contribution >= 0.6 is 11.6 Å². The molecule has 1 amide bonds. The maximum Gasteiger partial charge on any atom is 0.262 e. The Bertz CT molecular complexity index is 1210. The maximum absolute atomic E-state index is 13.8. The van der Waals surface area contributed by atoms with Crippen LogP contribution in [0, 0.1) is 12.7 Å². The number of carbonyl (C=O) groups excluding carboxylic acids is 1. The van der Waals surface area contributed by atoms with E-state index in [1.54, 1.807) is 18.2 Å². The fourth-order valence-electron chi connectivity index (χ4n) is 3.07. The van der Waals surface area contributed by atoms with Crippen molar-refractivity contribution >= 4 is 49.7 Å². The molecule has 0 aromatic heterocycles. The van der Waals surface area contributed by atoms with Gasteiger partial charge in [-0.2, -0.15) is 0 Å². The van der Waals surface area contributed by atoms with Crippen molar-refractivity contribution in [2.75, 3.05) is 10.0 Å². The van der Waals surface area contributed by atoms with Crippen LogP contribution in [0.2, 0.25) is 5.02 Å². The van der Waals surface area contributed by atoms with E-state index in [2.05, 4.69) is 10.0 Å². The molecule has 0 spiro atoms. The van der Waals surface area contributed by atoms with Gasteiger partial charge in [-0.05, 0) is 37.3 Å². The zero-order chi connectivity index (χ0) is 18.6. The molecule has 26 heavy (non-hydrogen) atoms. The molecule has 5 nitrogen and oxygen atoms in total. The van der Waals surface area contributed by atoms with E-state index in [9.17, 15) is 17.6 Å². The molecular weight excluding hydrogens is 379 g/mol. The summed E-state index contributed by atoms with van der Waals surface area (Å²) in [5.74, 6) is -0.848. The lowest BCUT2D eigenvalue weighted by Gasteiger charge is -2.14. The van der Waals surface area contributed by atoms with E-state index in [1.165, 1.54) is 31.2 Å². The van der Waals surface area contributed by atoms with Gasteiger partial charge in [-0.1, -0.05) is 23.7 Å². The highest BCUT2D eigenvalue weighted by Gasteiger charge is 2.27. The topological polar surface area (TPSA) is 75.3 Å². The molecule has 3 aromatic rings. The van der Waals surface area contributed by atoms with Crippen LogP contribution < -0.4 is 10.0 Å². The molecule has 1 heterocycles. The summed E-state index contributed by atoms with van der Waals surface area (Å²) in [7, 11) is -4.07. The highest BCUT2D eigenvalue weighted by Crippen LogP contribution is 2.38. The molecule has 0 fully saturated rings. The lowest BCUT2D eigenvalue weighted by atomic mass is 10.1. The van der Waals surface area contributed by atoms with Gasteiger partial charge < -0.3 is 5.32 Å². The molecule has 0 radical (unpaired) electrons. The van der Waals surface area contributed by atoms with Crippen molar-refractivity contribution in [2.45, 2.75) is 11.8 Å². The summed E-state index contributed by atoms with van der Waals surface area (Å²) in [4.78, 5) is 12.0. The third-order valence-electron chi connectivity index (χ3n) is 4.37. The Hall–Kier alpha value is -2.64. The smallest absolute Gasteiger partial charge is 0.262 e. The van der Waals surface area contributed by atoms with Gasteiger partial charge in [0.05, 0.1) is 15.6 Å².